The fraction of sp³-hybridized carbons (Fsp3) is 0.667. The molecule has 1 atom stereocenters. The van der Waals surface area contributed by atoms with Crippen LogP contribution in [0, 0.1) is 6.92 Å². The van der Waals surface area contributed by atoms with Crippen LogP contribution in [0.5, 0.6) is 0 Å². The van der Waals surface area contributed by atoms with Crippen molar-refractivity contribution < 1.29 is 9.53 Å². The van der Waals surface area contributed by atoms with Crippen molar-refractivity contribution in [3.05, 3.63) is 18.0 Å². The van der Waals surface area contributed by atoms with Gasteiger partial charge in [-0.05, 0) is 32.3 Å². The van der Waals surface area contributed by atoms with Gasteiger partial charge in [0, 0.05) is 18.8 Å². The third-order valence-corrected chi connectivity index (χ3v) is 2.92. The zero-order valence-electron chi connectivity index (χ0n) is 10.3. The van der Waals surface area contributed by atoms with Crippen LogP contribution in [-0.4, -0.2) is 34.9 Å². The molecule has 1 aromatic rings. The van der Waals surface area contributed by atoms with Gasteiger partial charge in [0.25, 0.3) is 0 Å². The number of rotatable bonds is 6. The summed E-state index contributed by atoms with van der Waals surface area (Å²) in [6.07, 6.45) is 4.97. The molecule has 0 spiro atoms. The number of ether oxygens (including phenoxy) is 1. The maximum absolute atomic E-state index is 11.6. The van der Waals surface area contributed by atoms with Crippen molar-refractivity contribution in [2.75, 3.05) is 7.11 Å². The van der Waals surface area contributed by atoms with Crippen molar-refractivity contribution in [1.29, 1.82) is 0 Å². The normalized spacial score (nSPS) is 16.8. The van der Waals surface area contributed by atoms with Crippen molar-refractivity contribution in [2.45, 2.75) is 44.8 Å². The largest absolute Gasteiger partial charge is 0.468 e. The molecule has 94 valence electrons. The number of hydrogen-bond acceptors (Lipinski definition) is 4. The lowest BCUT2D eigenvalue weighted by Gasteiger charge is -2.15. The molecule has 1 heterocycles. The number of nitrogens with one attached hydrogen (secondary N) is 1. The fourth-order valence-corrected chi connectivity index (χ4v) is 1.80. The summed E-state index contributed by atoms with van der Waals surface area (Å²) >= 11 is 0. The minimum absolute atomic E-state index is 0.180. The van der Waals surface area contributed by atoms with E-state index in [-0.39, 0.29) is 12.0 Å². The predicted octanol–water partition coefficient (Wildman–Crippen LogP) is 0.875. The first-order valence-electron chi connectivity index (χ1n) is 6.03. The molecule has 0 saturated heterocycles. The average molecular weight is 237 g/mol. The predicted molar refractivity (Wildman–Crippen MR) is 63.5 cm³/mol. The third-order valence-electron chi connectivity index (χ3n) is 2.92. The lowest BCUT2D eigenvalue weighted by atomic mass is 10.2. The van der Waals surface area contributed by atoms with Gasteiger partial charge in [0.1, 0.15) is 6.04 Å². The number of aromatic nitrogens is 2. The number of nitrogens with zero attached hydrogens (tertiary/aromatic N) is 2. The molecular formula is C12H19N3O2. The molecule has 0 amide bonds. The number of carbonyl (C=O) groups excluding carboxylic acids is 1. The lowest BCUT2D eigenvalue weighted by Crippen LogP contribution is -2.39. The van der Waals surface area contributed by atoms with E-state index in [0.717, 1.165) is 25.1 Å². The first kappa shape index (κ1) is 12.1. The van der Waals surface area contributed by atoms with Crippen molar-refractivity contribution in [3.63, 3.8) is 0 Å². The second-order valence-electron chi connectivity index (χ2n) is 4.53. The second kappa shape index (κ2) is 5.31. The monoisotopic (exact) mass is 237 g/mol. The molecule has 2 rings (SSSR count). The van der Waals surface area contributed by atoms with E-state index in [0.29, 0.717) is 12.5 Å². The topological polar surface area (TPSA) is 56.2 Å². The van der Waals surface area contributed by atoms with Gasteiger partial charge < -0.3 is 10.1 Å². The van der Waals surface area contributed by atoms with E-state index in [4.69, 9.17) is 4.74 Å². The molecule has 17 heavy (non-hydrogen) atoms. The number of esters is 1. The van der Waals surface area contributed by atoms with Crippen LogP contribution in [0.1, 0.15) is 25.0 Å². The molecular weight excluding hydrogens is 218 g/mol. The van der Waals surface area contributed by atoms with E-state index in [2.05, 4.69) is 10.4 Å². The van der Waals surface area contributed by atoms with Gasteiger partial charge in [-0.15, -0.1) is 0 Å². The van der Waals surface area contributed by atoms with Gasteiger partial charge in [0.2, 0.25) is 0 Å². The van der Waals surface area contributed by atoms with Gasteiger partial charge in [-0.2, -0.15) is 5.10 Å². The summed E-state index contributed by atoms with van der Waals surface area (Å²) in [5.41, 5.74) is 0.995. The zero-order chi connectivity index (χ0) is 12.3. The molecule has 5 nitrogen and oxygen atoms in total. The van der Waals surface area contributed by atoms with Crippen LogP contribution in [-0.2, 0) is 16.1 Å². The molecule has 1 unspecified atom stereocenters. The number of aryl methyl sites for hydroxylation is 2. The number of hydrogen-bond donors (Lipinski definition) is 1. The molecule has 0 aromatic carbocycles. The summed E-state index contributed by atoms with van der Waals surface area (Å²) in [4.78, 5) is 11.6. The molecule has 1 aliphatic rings. The summed E-state index contributed by atoms with van der Waals surface area (Å²) < 4.78 is 6.66. The molecule has 1 aliphatic carbocycles. The highest BCUT2D eigenvalue weighted by molar-refractivity contribution is 5.75. The highest BCUT2D eigenvalue weighted by Gasteiger charge is 2.28. The van der Waals surface area contributed by atoms with Gasteiger partial charge in [-0.25, -0.2) is 0 Å². The number of carbonyl (C=O) groups is 1. The van der Waals surface area contributed by atoms with E-state index in [9.17, 15) is 4.79 Å². The molecule has 0 bridgehead atoms. The second-order valence-corrected chi connectivity index (χ2v) is 4.53. The van der Waals surface area contributed by atoms with Gasteiger partial charge in [0.15, 0.2) is 0 Å². The maximum Gasteiger partial charge on any atom is 0.322 e. The maximum atomic E-state index is 11.6. The van der Waals surface area contributed by atoms with Crippen molar-refractivity contribution in [1.82, 2.24) is 15.1 Å². The number of methoxy groups -OCH3 is 1. The zero-order valence-corrected chi connectivity index (χ0v) is 10.3. The molecule has 1 aromatic heterocycles. The summed E-state index contributed by atoms with van der Waals surface area (Å²) in [7, 11) is 1.43. The van der Waals surface area contributed by atoms with Gasteiger partial charge in [0.05, 0.1) is 12.8 Å². The first-order chi connectivity index (χ1) is 8.19. The summed E-state index contributed by atoms with van der Waals surface area (Å²) in [6.45, 7) is 2.68. The lowest BCUT2D eigenvalue weighted by molar-refractivity contribution is -0.143. The van der Waals surface area contributed by atoms with Gasteiger partial charge >= 0.3 is 5.97 Å². The van der Waals surface area contributed by atoms with E-state index >= 15 is 0 Å². The van der Waals surface area contributed by atoms with Crippen LogP contribution >= 0.6 is 0 Å². The van der Waals surface area contributed by atoms with Gasteiger partial charge in [-0.3, -0.25) is 9.48 Å². The van der Waals surface area contributed by atoms with Crippen LogP contribution in [0.2, 0.25) is 0 Å². The standard InChI is InChI=1S/C12H19N3O2/c1-9-5-7-15(14-9)8-6-11(12(16)17-2)13-10-3-4-10/h5,7,10-11,13H,3-4,6,8H2,1-2H3. The SMILES string of the molecule is COC(=O)C(CCn1ccc(C)n1)NC1CC1. The molecule has 0 aliphatic heterocycles. The quantitative estimate of drug-likeness (QED) is 0.746. The van der Waals surface area contributed by atoms with E-state index in [1.54, 1.807) is 0 Å². The third kappa shape index (κ3) is 3.56. The van der Waals surface area contributed by atoms with E-state index < -0.39 is 0 Å². The highest BCUT2D eigenvalue weighted by atomic mass is 16.5. The fourth-order valence-electron chi connectivity index (χ4n) is 1.80. The van der Waals surface area contributed by atoms with E-state index in [1.165, 1.54) is 7.11 Å². The van der Waals surface area contributed by atoms with Crippen molar-refractivity contribution >= 4 is 5.97 Å². The molecule has 5 heteroatoms. The van der Waals surface area contributed by atoms with Gasteiger partial charge in [-0.1, -0.05) is 0 Å². The first-order valence-corrected chi connectivity index (χ1v) is 6.03. The molecule has 1 N–H and O–H groups in total. The summed E-state index contributed by atoms with van der Waals surface area (Å²) in [6, 6.07) is 2.25. The van der Waals surface area contributed by atoms with Crippen LogP contribution in [0.4, 0.5) is 0 Å². The molecule has 0 radical (unpaired) electrons. The summed E-state index contributed by atoms with van der Waals surface area (Å²) in [5, 5.41) is 7.60. The smallest absolute Gasteiger partial charge is 0.322 e. The highest BCUT2D eigenvalue weighted by Crippen LogP contribution is 2.20. The van der Waals surface area contributed by atoms with Crippen LogP contribution < -0.4 is 5.32 Å². The Morgan fingerprint density at radius 3 is 3.00 bits per heavy atom. The van der Waals surface area contributed by atoms with Crippen LogP contribution in [0.3, 0.4) is 0 Å². The Balaban J connectivity index is 1.85. The van der Waals surface area contributed by atoms with Crippen molar-refractivity contribution in [3.8, 4) is 0 Å². The molecule has 1 saturated carbocycles. The Morgan fingerprint density at radius 1 is 1.71 bits per heavy atom. The minimum Gasteiger partial charge on any atom is -0.468 e. The Bertz CT molecular complexity index is 385. The van der Waals surface area contributed by atoms with Crippen LogP contribution in [0.25, 0.3) is 0 Å². The Kier molecular flexibility index (Phi) is 3.78. The Morgan fingerprint density at radius 2 is 2.47 bits per heavy atom. The Labute approximate surface area is 101 Å². The van der Waals surface area contributed by atoms with Crippen molar-refractivity contribution in [2.24, 2.45) is 0 Å². The van der Waals surface area contributed by atoms with Crippen LogP contribution in [0.15, 0.2) is 12.3 Å². The minimum atomic E-state index is -0.211. The molecule has 1 fully saturated rings. The Hall–Kier alpha value is -1.36. The average Bonchev–Trinajstić information content (AvgIpc) is 3.05. The summed E-state index contributed by atoms with van der Waals surface area (Å²) in [5.74, 6) is -0.180. The van der Waals surface area contributed by atoms with E-state index in [1.807, 2.05) is 23.9 Å².